The van der Waals surface area contributed by atoms with Crippen molar-refractivity contribution in [1.29, 1.82) is 0 Å². The SMILES string of the molecule is CCCCCCCCCCCCCCCC/C=C(\S)C1CC(=O)OC1=O. The lowest BCUT2D eigenvalue weighted by Crippen LogP contribution is -2.07. The monoisotopic (exact) mass is 382 g/mol. The van der Waals surface area contributed by atoms with Crippen LogP contribution in [-0.2, 0) is 14.3 Å². The largest absolute Gasteiger partial charge is 0.393 e. The summed E-state index contributed by atoms with van der Waals surface area (Å²) in [5.41, 5.74) is 0. The zero-order chi connectivity index (χ0) is 19.0. The molecule has 1 unspecified atom stereocenters. The minimum Gasteiger partial charge on any atom is -0.393 e. The number of esters is 2. The second kappa shape index (κ2) is 15.3. The molecule has 4 heteroatoms. The van der Waals surface area contributed by atoms with Gasteiger partial charge in [-0.25, -0.2) is 0 Å². The highest BCUT2D eigenvalue weighted by Crippen LogP contribution is 2.27. The van der Waals surface area contributed by atoms with Crippen LogP contribution in [0, 0.1) is 5.92 Å². The first-order valence-corrected chi connectivity index (χ1v) is 11.2. The second-order valence-corrected chi connectivity index (χ2v) is 8.08. The zero-order valence-electron chi connectivity index (χ0n) is 16.6. The van der Waals surface area contributed by atoms with Crippen molar-refractivity contribution in [2.45, 2.75) is 110 Å². The van der Waals surface area contributed by atoms with Crippen molar-refractivity contribution >= 4 is 24.6 Å². The van der Waals surface area contributed by atoms with E-state index in [-0.39, 0.29) is 6.42 Å². The molecule has 0 radical (unpaired) electrons. The van der Waals surface area contributed by atoms with Gasteiger partial charge in [-0.1, -0.05) is 96.5 Å². The van der Waals surface area contributed by atoms with Gasteiger partial charge in [-0.15, -0.1) is 12.6 Å². The number of allylic oxidation sites excluding steroid dienone is 1. The highest BCUT2D eigenvalue weighted by molar-refractivity contribution is 7.84. The van der Waals surface area contributed by atoms with E-state index in [1.807, 2.05) is 6.08 Å². The average Bonchev–Trinajstić information content (AvgIpc) is 2.96. The number of carbonyl (C=O) groups is 2. The number of hydrogen-bond donors (Lipinski definition) is 1. The Kier molecular flexibility index (Phi) is 13.7. The number of hydrogen-bond acceptors (Lipinski definition) is 4. The van der Waals surface area contributed by atoms with Crippen LogP contribution in [0.15, 0.2) is 11.0 Å². The molecule has 26 heavy (non-hydrogen) atoms. The highest BCUT2D eigenvalue weighted by Gasteiger charge is 2.34. The van der Waals surface area contributed by atoms with Crippen LogP contribution in [0.25, 0.3) is 0 Å². The summed E-state index contributed by atoms with van der Waals surface area (Å²) in [6.45, 7) is 2.27. The Morgan fingerprint density at radius 1 is 0.885 bits per heavy atom. The fraction of sp³-hybridized carbons (Fsp3) is 0.818. The standard InChI is InChI=1S/C22H38O3S/c1-2-3-4-5-6-7-8-9-10-11-12-13-14-15-16-17-20(26)19-18-21(23)25-22(19)24/h17,19,26H,2-16,18H2,1H3/b20-17-. The van der Waals surface area contributed by atoms with E-state index < -0.39 is 17.9 Å². The minimum atomic E-state index is -0.461. The fourth-order valence-electron chi connectivity index (χ4n) is 3.43. The van der Waals surface area contributed by atoms with Gasteiger partial charge in [0.1, 0.15) is 0 Å². The van der Waals surface area contributed by atoms with E-state index in [0.717, 1.165) is 12.8 Å². The molecule has 1 fully saturated rings. The maximum absolute atomic E-state index is 11.5. The molecule has 0 aromatic carbocycles. The molecule has 0 amide bonds. The third-order valence-electron chi connectivity index (χ3n) is 5.14. The Labute approximate surface area is 165 Å². The number of ether oxygens (including phenoxy) is 1. The maximum Gasteiger partial charge on any atom is 0.322 e. The van der Waals surface area contributed by atoms with Gasteiger partial charge in [0.25, 0.3) is 0 Å². The third-order valence-corrected chi connectivity index (χ3v) is 5.63. The molecular formula is C22H38O3S. The first-order chi connectivity index (χ1) is 12.6. The Hall–Kier alpha value is -0.770. The summed E-state index contributed by atoms with van der Waals surface area (Å²) < 4.78 is 4.56. The fourth-order valence-corrected chi connectivity index (χ4v) is 3.76. The predicted octanol–water partition coefficient (Wildman–Crippen LogP) is 6.76. The topological polar surface area (TPSA) is 43.4 Å². The van der Waals surface area contributed by atoms with E-state index >= 15 is 0 Å². The third kappa shape index (κ3) is 11.1. The molecule has 0 N–H and O–H groups in total. The molecule has 1 rings (SSSR count). The van der Waals surface area contributed by atoms with Gasteiger partial charge in [-0.05, 0) is 17.7 Å². The van der Waals surface area contributed by atoms with Crippen LogP contribution in [0.5, 0.6) is 0 Å². The first-order valence-electron chi connectivity index (χ1n) is 10.8. The quantitative estimate of drug-likeness (QED) is 0.139. The van der Waals surface area contributed by atoms with E-state index in [0.29, 0.717) is 4.91 Å². The molecule has 0 aliphatic carbocycles. The minimum absolute atomic E-state index is 0.146. The Morgan fingerprint density at radius 3 is 1.77 bits per heavy atom. The molecule has 0 bridgehead atoms. The van der Waals surface area contributed by atoms with Gasteiger partial charge in [0.05, 0.1) is 12.3 Å². The van der Waals surface area contributed by atoms with E-state index in [1.165, 1.54) is 83.5 Å². The van der Waals surface area contributed by atoms with Crippen molar-refractivity contribution < 1.29 is 14.3 Å². The number of cyclic esters (lactones) is 2. The van der Waals surface area contributed by atoms with Gasteiger partial charge in [-0.3, -0.25) is 9.59 Å². The molecule has 0 saturated carbocycles. The van der Waals surface area contributed by atoms with E-state index in [2.05, 4.69) is 24.3 Å². The van der Waals surface area contributed by atoms with E-state index in [4.69, 9.17) is 0 Å². The summed E-state index contributed by atoms with van der Waals surface area (Å²) in [4.78, 5) is 23.2. The van der Waals surface area contributed by atoms with Crippen molar-refractivity contribution in [3.63, 3.8) is 0 Å². The van der Waals surface area contributed by atoms with Crippen molar-refractivity contribution in [2.75, 3.05) is 0 Å². The highest BCUT2D eigenvalue weighted by atomic mass is 32.1. The molecular weight excluding hydrogens is 344 g/mol. The van der Waals surface area contributed by atoms with Crippen LogP contribution in [0.4, 0.5) is 0 Å². The van der Waals surface area contributed by atoms with Crippen LogP contribution in [0.1, 0.15) is 110 Å². The molecule has 0 spiro atoms. The summed E-state index contributed by atoms with van der Waals surface area (Å²) in [6.07, 6.45) is 22.0. The second-order valence-electron chi connectivity index (χ2n) is 7.56. The van der Waals surface area contributed by atoms with E-state index in [9.17, 15) is 9.59 Å². The summed E-state index contributed by atoms with van der Waals surface area (Å²) in [6, 6.07) is 0. The molecule has 1 atom stereocenters. The van der Waals surface area contributed by atoms with Crippen molar-refractivity contribution in [3.05, 3.63) is 11.0 Å². The predicted molar refractivity (Wildman–Crippen MR) is 111 cm³/mol. The van der Waals surface area contributed by atoms with E-state index in [1.54, 1.807) is 0 Å². The zero-order valence-corrected chi connectivity index (χ0v) is 17.5. The summed E-state index contributed by atoms with van der Waals surface area (Å²) in [7, 11) is 0. The van der Waals surface area contributed by atoms with Gasteiger partial charge in [0.15, 0.2) is 0 Å². The molecule has 3 nitrogen and oxygen atoms in total. The van der Waals surface area contributed by atoms with Crippen molar-refractivity contribution in [2.24, 2.45) is 5.92 Å². The molecule has 0 aromatic heterocycles. The Morgan fingerprint density at radius 2 is 1.35 bits per heavy atom. The van der Waals surface area contributed by atoms with Crippen LogP contribution < -0.4 is 0 Å². The number of unbranched alkanes of at least 4 members (excludes halogenated alkanes) is 14. The van der Waals surface area contributed by atoms with Gasteiger partial charge >= 0.3 is 11.9 Å². The van der Waals surface area contributed by atoms with Gasteiger partial charge in [0.2, 0.25) is 0 Å². The van der Waals surface area contributed by atoms with Crippen LogP contribution in [0.3, 0.4) is 0 Å². The lowest BCUT2D eigenvalue weighted by Gasteiger charge is -2.04. The molecule has 150 valence electrons. The van der Waals surface area contributed by atoms with Crippen molar-refractivity contribution in [3.8, 4) is 0 Å². The van der Waals surface area contributed by atoms with Crippen LogP contribution in [-0.4, -0.2) is 11.9 Å². The Balaban J connectivity index is 1.85. The molecule has 1 heterocycles. The summed E-state index contributed by atoms with van der Waals surface area (Å²) >= 11 is 4.36. The maximum atomic E-state index is 11.5. The Bertz CT molecular complexity index is 431. The average molecular weight is 383 g/mol. The van der Waals surface area contributed by atoms with Crippen LogP contribution in [0.2, 0.25) is 0 Å². The summed E-state index contributed by atoms with van der Waals surface area (Å²) in [5, 5.41) is 0. The van der Waals surface area contributed by atoms with Gasteiger partial charge in [0, 0.05) is 0 Å². The molecule has 1 saturated heterocycles. The van der Waals surface area contributed by atoms with Crippen molar-refractivity contribution in [1.82, 2.24) is 0 Å². The first kappa shape index (κ1) is 23.3. The van der Waals surface area contributed by atoms with Crippen LogP contribution >= 0.6 is 12.6 Å². The lowest BCUT2D eigenvalue weighted by molar-refractivity contribution is -0.152. The molecule has 1 aliphatic heterocycles. The number of rotatable bonds is 16. The smallest absolute Gasteiger partial charge is 0.322 e. The van der Waals surface area contributed by atoms with Gasteiger partial charge in [-0.2, -0.15) is 0 Å². The molecule has 0 aromatic rings. The van der Waals surface area contributed by atoms with Gasteiger partial charge < -0.3 is 4.74 Å². The summed E-state index contributed by atoms with van der Waals surface area (Å²) in [5.74, 6) is -1.34. The number of carbonyl (C=O) groups excluding carboxylic acids is 2. The lowest BCUT2D eigenvalue weighted by atomic mass is 10.0. The number of thiol groups is 1. The molecule has 1 aliphatic rings. The normalized spacial score (nSPS) is 17.8.